The highest BCUT2D eigenvalue weighted by atomic mass is 32.2. The van der Waals surface area contributed by atoms with E-state index in [4.69, 9.17) is 55.1 Å². The minimum absolute atomic E-state index is 0.0299. The molecule has 0 spiro atoms. The molecule has 0 radical (unpaired) electrons. The highest BCUT2D eigenvalue weighted by molar-refractivity contribution is 8.06. The van der Waals surface area contributed by atoms with Gasteiger partial charge in [0.1, 0.15) is 34.2 Å². The van der Waals surface area contributed by atoms with Crippen molar-refractivity contribution in [2.45, 2.75) is 89.2 Å². The number of fused-ring (bicyclic) bond motifs is 1. The number of nitrogens with two attached hydrogens (primary N) is 3. The molecule has 4 unspecified atom stereocenters. The third kappa shape index (κ3) is 17.5. The van der Waals surface area contributed by atoms with Crippen LogP contribution < -0.4 is 38.5 Å². The number of thioether (sulfide) groups is 4. The van der Waals surface area contributed by atoms with Gasteiger partial charge < -0.3 is 76.4 Å². The van der Waals surface area contributed by atoms with E-state index in [2.05, 4.69) is 47.6 Å². The average Bonchev–Trinajstić information content (AvgIpc) is 3.29. The van der Waals surface area contributed by atoms with Crippen molar-refractivity contribution in [3.63, 3.8) is 0 Å². The van der Waals surface area contributed by atoms with Crippen LogP contribution in [0.5, 0.6) is 0 Å². The molecule has 3 aliphatic heterocycles. The van der Waals surface area contributed by atoms with Gasteiger partial charge in [-0.05, 0) is 38.8 Å². The minimum Gasteiger partial charge on any atom is -0.431 e. The molecule has 1 fully saturated rings. The van der Waals surface area contributed by atoms with Crippen LogP contribution >= 0.6 is 47.0 Å². The Morgan fingerprint density at radius 1 is 0.736 bits per heavy atom. The van der Waals surface area contributed by atoms with Gasteiger partial charge in [-0.2, -0.15) is 0 Å². The Morgan fingerprint density at radius 3 is 1.79 bits per heavy atom. The van der Waals surface area contributed by atoms with E-state index < -0.39 is 95.5 Å². The number of carbonyl (C=O) groups excluding carboxylic acids is 8. The first-order valence-electron chi connectivity index (χ1n) is 21.4. The van der Waals surface area contributed by atoms with E-state index in [0.29, 0.717) is 11.1 Å². The summed E-state index contributed by atoms with van der Waals surface area (Å²) in [6, 6.07) is -2.63. The predicted octanol–water partition coefficient (Wildman–Crippen LogP) is 2.43. The van der Waals surface area contributed by atoms with Crippen molar-refractivity contribution in [3.05, 3.63) is 92.3 Å². The monoisotopic (exact) mass is 1080 g/mol. The number of ether oxygens (including phenoxy) is 8. The van der Waals surface area contributed by atoms with Gasteiger partial charge in [-0.25, -0.2) is 19.2 Å². The van der Waals surface area contributed by atoms with Gasteiger partial charge in [-0.1, -0.05) is 49.8 Å². The van der Waals surface area contributed by atoms with E-state index in [-0.39, 0.29) is 68.7 Å². The van der Waals surface area contributed by atoms with Gasteiger partial charge in [0.2, 0.25) is 18.5 Å². The number of amides is 4. The zero-order chi connectivity index (χ0) is 54.1. The third-order valence-electron chi connectivity index (χ3n) is 9.22. The number of carbonyl (C=O) groups is 8. The van der Waals surface area contributed by atoms with E-state index >= 15 is 0 Å². The number of esters is 2. The summed E-state index contributed by atoms with van der Waals surface area (Å²) in [5, 5.41) is 11.5. The molecule has 4 amide bonds. The van der Waals surface area contributed by atoms with Crippen molar-refractivity contribution in [3.8, 4) is 0 Å². The van der Waals surface area contributed by atoms with Crippen LogP contribution in [0.3, 0.4) is 0 Å². The molecule has 0 saturated carbocycles. The van der Waals surface area contributed by atoms with Crippen molar-refractivity contribution in [1.29, 1.82) is 0 Å². The maximum Gasteiger partial charge on any atom is 0.511 e. The highest BCUT2D eigenvalue weighted by Gasteiger charge is 2.55. The number of hydrogen-bond donors (Lipinski definition) is 7. The van der Waals surface area contributed by atoms with Gasteiger partial charge in [-0.3, -0.25) is 24.1 Å². The maximum atomic E-state index is 14.1. The predicted molar refractivity (Wildman–Crippen MR) is 269 cm³/mol. The first-order valence-corrected chi connectivity index (χ1v) is 25.3. The standard InChI is InChI=1S/C44H60N8O16S4/c1-19(2)63-43(59)67-25(9)65-41(57)31-27(13-61-11)15-71-38(51-31)32(49-35(53)21(5)29(46)17-69-23(7)45)37(55)48-24(8)70-18-30(47)22(6)36(54)50-33-39(56)52-34(28(14-62-12)16-72-40(33)52)42(58)66-26(10)68-44(60)64-20(3)4/h17-20,25-26,32-33,38,40,51H,5-8,13-16,45-47H2,1-4,9-12H3,(H,48,55)(H,49,53)(H,50,54)/b29-17-,30-18-/t25?,26?,32?,33-,38?,40-/m1/s1. The molecule has 6 atom stereocenters. The van der Waals surface area contributed by atoms with Gasteiger partial charge in [0.05, 0.1) is 58.0 Å². The molecule has 0 bridgehead atoms. The molecule has 396 valence electrons. The summed E-state index contributed by atoms with van der Waals surface area (Å²) in [6.45, 7) is 23.8. The van der Waals surface area contributed by atoms with Crippen molar-refractivity contribution in [1.82, 2.24) is 26.2 Å². The number of hydrogen-bond acceptors (Lipinski definition) is 24. The van der Waals surface area contributed by atoms with E-state index in [1.54, 1.807) is 27.7 Å². The summed E-state index contributed by atoms with van der Waals surface area (Å²) in [5.74, 6) is -4.89. The Hall–Kier alpha value is -6.20. The van der Waals surface area contributed by atoms with Crippen LogP contribution in [0.4, 0.5) is 9.59 Å². The quantitative estimate of drug-likeness (QED) is 0.0172. The maximum absolute atomic E-state index is 14.1. The number of β-lactam (4-membered cyclic amide) rings is 1. The second kappa shape index (κ2) is 28.1. The number of methoxy groups -OCH3 is 2. The average molecular weight is 1090 g/mol. The summed E-state index contributed by atoms with van der Waals surface area (Å²) in [5.41, 5.74) is 17.6. The topological polar surface area (TPSA) is 340 Å². The molecular formula is C44H60N8O16S4. The Bertz CT molecular complexity index is 2320. The zero-order valence-electron chi connectivity index (χ0n) is 40.8. The Morgan fingerprint density at radius 2 is 1.25 bits per heavy atom. The fourth-order valence-corrected chi connectivity index (χ4v) is 9.52. The van der Waals surface area contributed by atoms with Crippen LogP contribution in [0.15, 0.2) is 92.3 Å². The molecule has 3 rings (SSSR count). The number of nitrogens with one attached hydrogen (secondary N) is 4. The molecule has 0 aromatic heterocycles. The lowest BCUT2D eigenvalue weighted by Crippen LogP contribution is -2.70. The summed E-state index contributed by atoms with van der Waals surface area (Å²) in [4.78, 5) is 107. The van der Waals surface area contributed by atoms with Crippen LogP contribution in [0, 0.1) is 0 Å². The minimum atomic E-state index is -1.50. The Labute approximate surface area is 433 Å². The second-order valence-corrected chi connectivity index (χ2v) is 19.9. The smallest absolute Gasteiger partial charge is 0.431 e. The van der Waals surface area contributed by atoms with Crippen molar-refractivity contribution >= 4 is 94.9 Å². The first-order chi connectivity index (χ1) is 33.8. The van der Waals surface area contributed by atoms with Crippen molar-refractivity contribution in [2.75, 3.05) is 38.9 Å². The Balaban J connectivity index is 1.76. The summed E-state index contributed by atoms with van der Waals surface area (Å²) >= 11 is 4.05. The van der Waals surface area contributed by atoms with Crippen LogP contribution in [0.25, 0.3) is 0 Å². The lowest BCUT2D eigenvalue weighted by Gasteiger charge is -2.49. The molecule has 10 N–H and O–H groups in total. The summed E-state index contributed by atoms with van der Waals surface area (Å²) < 4.78 is 41.0. The van der Waals surface area contributed by atoms with Crippen LogP contribution in [0.2, 0.25) is 0 Å². The SMILES string of the molecule is C=C(N)S/C=C(\N)C(=C)C(=O)NC(C(=O)NC(=C)S/C=C(\N)C(=C)C(=O)N[C@@H]1C(=O)N2C(C(=O)OC(C)OC(=O)OC(C)C)=C(COC)CS[C@H]12)C1NC(C(=O)OC(C)OC(=O)OC(C)C)=C(COC)CS1. The molecular weight excluding hydrogens is 1020 g/mol. The fraction of sp³-hybridized carbons (Fsp3) is 0.455. The van der Waals surface area contributed by atoms with Gasteiger partial charge in [0.15, 0.2) is 0 Å². The van der Waals surface area contributed by atoms with E-state index in [1.807, 2.05) is 0 Å². The van der Waals surface area contributed by atoms with E-state index in [1.165, 1.54) is 50.6 Å². The molecule has 1 saturated heterocycles. The molecule has 0 aromatic carbocycles. The normalized spacial score (nSPS) is 19.0. The van der Waals surface area contributed by atoms with Crippen molar-refractivity contribution in [2.24, 2.45) is 17.2 Å². The molecule has 3 aliphatic rings. The van der Waals surface area contributed by atoms with E-state index in [0.717, 1.165) is 40.2 Å². The Kier molecular flexibility index (Phi) is 23.5. The van der Waals surface area contributed by atoms with Crippen LogP contribution in [0.1, 0.15) is 41.5 Å². The van der Waals surface area contributed by atoms with Gasteiger partial charge in [-0.15, -0.1) is 23.5 Å². The molecule has 3 heterocycles. The molecule has 28 heteroatoms. The molecule has 0 aliphatic carbocycles. The zero-order valence-corrected chi connectivity index (χ0v) is 44.0. The van der Waals surface area contributed by atoms with E-state index in [9.17, 15) is 38.4 Å². The van der Waals surface area contributed by atoms with Gasteiger partial charge in [0.25, 0.3) is 17.7 Å². The summed E-state index contributed by atoms with van der Waals surface area (Å²) in [7, 11) is 2.80. The number of nitrogens with zero attached hydrogens (tertiary/aromatic N) is 1. The largest absolute Gasteiger partial charge is 0.511 e. The lowest BCUT2D eigenvalue weighted by atomic mass is 10.0. The lowest BCUT2D eigenvalue weighted by molar-refractivity contribution is -0.169. The fourth-order valence-electron chi connectivity index (χ4n) is 6.01. The van der Waals surface area contributed by atoms with Crippen LogP contribution in [-0.2, 0) is 66.7 Å². The number of rotatable bonds is 25. The molecule has 72 heavy (non-hydrogen) atoms. The summed E-state index contributed by atoms with van der Waals surface area (Å²) in [6.07, 6.45) is -5.92. The van der Waals surface area contributed by atoms with Crippen molar-refractivity contribution < 1.29 is 76.3 Å². The van der Waals surface area contributed by atoms with Crippen LogP contribution in [-0.4, -0.2) is 139 Å². The molecule has 24 nitrogen and oxygen atoms in total. The highest BCUT2D eigenvalue weighted by Crippen LogP contribution is 2.41. The second-order valence-electron chi connectivity index (χ2n) is 15.7. The third-order valence-corrected chi connectivity index (χ3v) is 13.3. The van der Waals surface area contributed by atoms with Gasteiger partial charge in [0, 0.05) is 50.4 Å². The molecule has 0 aromatic rings. The van der Waals surface area contributed by atoms with Gasteiger partial charge >= 0.3 is 24.2 Å². The first kappa shape index (κ1) is 60.1.